The van der Waals surface area contributed by atoms with Crippen molar-refractivity contribution < 1.29 is 18.4 Å². The molecule has 0 radical (unpaired) electrons. The van der Waals surface area contributed by atoms with Gasteiger partial charge in [0.05, 0.1) is 11.6 Å². The van der Waals surface area contributed by atoms with Crippen molar-refractivity contribution in [1.82, 2.24) is 10.6 Å². The molecule has 3 aromatic carbocycles. The third kappa shape index (κ3) is 6.84. The molecule has 194 valence electrons. The highest BCUT2D eigenvalue weighted by molar-refractivity contribution is 5.89. The Hall–Kier alpha value is -3.94. The molecule has 3 N–H and O–H groups in total. The van der Waals surface area contributed by atoms with Gasteiger partial charge in [-0.3, -0.25) is 4.79 Å². The predicted octanol–water partition coefficient (Wildman–Crippen LogP) is 5.42. The second-order valence-corrected chi connectivity index (χ2v) is 9.21. The molecule has 6 nitrogen and oxygen atoms in total. The van der Waals surface area contributed by atoms with Crippen LogP contribution in [0.25, 0.3) is 0 Å². The summed E-state index contributed by atoms with van der Waals surface area (Å²) in [6.07, 6.45) is 1.53. The van der Waals surface area contributed by atoms with E-state index in [1.807, 2.05) is 42.2 Å². The van der Waals surface area contributed by atoms with Gasteiger partial charge in [-0.2, -0.15) is 0 Å². The number of nitrogens with zero attached hydrogens (tertiary/aromatic N) is 1. The molecule has 1 aliphatic heterocycles. The number of hydrogen-bond donors (Lipinski definition) is 3. The third-order valence-electron chi connectivity index (χ3n) is 6.72. The topological polar surface area (TPSA) is 73.5 Å². The molecule has 1 unspecified atom stereocenters. The normalized spacial score (nSPS) is 14.6. The van der Waals surface area contributed by atoms with Crippen LogP contribution in [-0.2, 0) is 11.3 Å². The number of anilines is 2. The number of benzene rings is 3. The Kier molecular flexibility index (Phi) is 8.72. The van der Waals surface area contributed by atoms with Crippen LogP contribution in [0.3, 0.4) is 0 Å². The van der Waals surface area contributed by atoms with E-state index in [2.05, 4.69) is 16.0 Å². The predicted molar refractivity (Wildman–Crippen MR) is 141 cm³/mol. The van der Waals surface area contributed by atoms with E-state index < -0.39 is 11.8 Å². The molecule has 0 aromatic heterocycles. The maximum absolute atomic E-state index is 15.0. The number of rotatable bonds is 8. The van der Waals surface area contributed by atoms with Crippen LogP contribution in [0.5, 0.6) is 0 Å². The number of halogens is 2. The lowest BCUT2D eigenvalue weighted by Crippen LogP contribution is -2.40. The Labute approximate surface area is 216 Å². The number of hydrogen-bond acceptors (Lipinski definition) is 3. The van der Waals surface area contributed by atoms with E-state index in [0.29, 0.717) is 31.0 Å². The van der Waals surface area contributed by atoms with E-state index in [4.69, 9.17) is 0 Å². The summed E-state index contributed by atoms with van der Waals surface area (Å²) in [4.78, 5) is 27.1. The first kappa shape index (κ1) is 26.1. The van der Waals surface area contributed by atoms with Gasteiger partial charge >= 0.3 is 6.03 Å². The fourth-order valence-electron chi connectivity index (χ4n) is 4.86. The molecule has 1 heterocycles. The van der Waals surface area contributed by atoms with Gasteiger partial charge in [-0.15, -0.1) is 0 Å². The van der Waals surface area contributed by atoms with Gasteiger partial charge in [0.2, 0.25) is 5.91 Å². The lowest BCUT2D eigenvalue weighted by molar-refractivity contribution is -0.123. The second-order valence-electron chi connectivity index (χ2n) is 9.21. The number of nitrogens with one attached hydrogen (secondary N) is 3. The van der Waals surface area contributed by atoms with E-state index in [9.17, 15) is 14.0 Å². The van der Waals surface area contributed by atoms with E-state index in [1.54, 1.807) is 24.3 Å². The number of carbonyl (C=O) groups is 2. The van der Waals surface area contributed by atoms with Gasteiger partial charge in [-0.1, -0.05) is 42.5 Å². The SMILES string of the molecule is CCNC(=O)C(c1ccccc1)C1CCN(c2ccc(NC(=O)NCc3ccc(F)cc3)cc2F)CC1. The fraction of sp³-hybridized carbons (Fsp3) is 0.310. The van der Waals surface area contributed by atoms with Crippen molar-refractivity contribution in [2.75, 3.05) is 29.9 Å². The average Bonchev–Trinajstić information content (AvgIpc) is 2.90. The monoisotopic (exact) mass is 506 g/mol. The van der Waals surface area contributed by atoms with Gasteiger partial charge in [-0.05, 0) is 67.1 Å². The summed E-state index contributed by atoms with van der Waals surface area (Å²) in [5.74, 6) is -0.789. The molecule has 1 saturated heterocycles. The first-order valence-corrected chi connectivity index (χ1v) is 12.6. The Balaban J connectivity index is 1.34. The zero-order valence-electron chi connectivity index (χ0n) is 20.8. The van der Waals surface area contributed by atoms with Gasteiger partial charge in [0.15, 0.2) is 0 Å². The lowest BCUT2D eigenvalue weighted by Gasteiger charge is -2.37. The van der Waals surface area contributed by atoms with Gasteiger partial charge in [0.1, 0.15) is 11.6 Å². The van der Waals surface area contributed by atoms with Crippen LogP contribution in [-0.4, -0.2) is 31.6 Å². The van der Waals surface area contributed by atoms with Crippen LogP contribution >= 0.6 is 0 Å². The molecular weight excluding hydrogens is 474 g/mol. The summed E-state index contributed by atoms with van der Waals surface area (Å²) in [5, 5.41) is 8.27. The molecule has 1 atom stereocenters. The average molecular weight is 507 g/mol. The van der Waals surface area contributed by atoms with E-state index >= 15 is 4.39 Å². The molecule has 3 aromatic rings. The molecule has 0 spiro atoms. The standard InChI is InChI=1S/C29H32F2N4O2/c1-2-32-28(36)27(21-6-4-3-5-7-21)22-14-16-35(17-15-22)26-13-12-24(18-25(26)31)34-29(37)33-19-20-8-10-23(30)11-9-20/h3-13,18,22,27H,2,14-17,19H2,1H3,(H,32,36)(H2,33,34,37). The molecule has 0 bridgehead atoms. The summed E-state index contributed by atoms with van der Waals surface area (Å²) in [6.45, 7) is 3.99. The maximum atomic E-state index is 15.0. The molecule has 3 amide bonds. The highest BCUT2D eigenvalue weighted by Gasteiger charge is 2.33. The molecule has 37 heavy (non-hydrogen) atoms. The van der Waals surface area contributed by atoms with Gasteiger partial charge < -0.3 is 20.9 Å². The molecule has 0 aliphatic carbocycles. The van der Waals surface area contributed by atoms with Crippen molar-refractivity contribution in [3.05, 3.63) is 95.6 Å². The first-order chi connectivity index (χ1) is 17.9. The highest BCUT2D eigenvalue weighted by Crippen LogP contribution is 2.35. The van der Waals surface area contributed by atoms with Crippen LogP contribution < -0.4 is 20.9 Å². The molecule has 4 rings (SSSR count). The zero-order valence-corrected chi connectivity index (χ0v) is 20.8. The van der Waals surface area contributed by atoms with E-state index in [1.165, 1.54) is 18.2 Å². The third-order valence-corrected chi connectivity index (χ3v) is 6.72. The first-order valence-electron chi connectivity index (χ1n) is 12.6. The summed E-state index contributed by atoms with van der Waals surface area (Å²) >= 11 is 0. The van der Waals surface area contributed by atoms with Gasteiger partial charge in [0, 0.05) is 31.9 Å². The van der Waals surface area contributed by atoms with Crippen molar-refractivity contribution in [2.45, 2.75) is 32.2 Å². The molecule has 1 aliphatic rings. The molecule has 1 fully saturated rings. The van der Waals surface area contributed by atoms with Crippen molar-refractivity contribution in [3.8, 4) is 0 Å². The Morgan fingerprint density at radius 1 is 0.946 bits per heavy atom. The minimum Gasteiger partial charge on any atom is -0.369 e. The minimum absolute atomic E-state index is 0.0338. The zero-order chi connectivity index (χ0) is 26.2. The van der Waals surface area contributed by atoms with Crippen molar-refractivity contribution in [2.24, 2.45) is 5.92 Å². The van der Waals surface area contributed by atoms with Crippen molar-refractivity contribution in [1.29, 1.82) is 0 Å². The van der Waals surface area contributed by atoms with Crippen LogP contribution in [0.4, 0.5) is 25.0 Å². The van der Waals surface area contributed by atoms with Crippen LogP contribution in [0.15, 0.2) is 72.8 Å². The summed E-state index contributed by atoms with van der Waals surface area (Å²) < 4.78 is 28.0. The van der Waals surface area contributed by atoms with Crippen LogP contribution in [0.1, 0.15) is 36.8 Å². The summed E-state index contributed by atoms with van der Waals surface area (Å²) in [7, 11) is 0. The lowest BCUT2D eigenvalue weighted by atomic mass is 9.79. The largest absolute Gasteiger partial charge is 0.369 e. The quantitative estimate of drug-likeness (QED) is 0.382. The minimum atomic E-state index is -0.477. The Bertz CT molecular complexity index is 1200. The highest BCUT2D eigenvalue weighted by atomic mass is 19.1. The summed E-state index contributed by atoms with van der Waals surface area (Å²) in [5.41, 5.74) is 2.58. The van der Waals surface area contributed by atoms with Gasteiger partial charge in [-0.25, -0.2) is 13.6 Å². The van der Waals surface area contributed by atoms with Crippen molar-refractivity contribution in [3.63, 3.8) is 0 Å². The summed E-state index contributed by atoms with van der Waals surface area (Å²) in [6, 6.07) is 19.8. The second kappa shape index (κ2) is 12.3. The molecule has 0 saturated carbocycles. The van der Waals surface area contributed by atoms with Crippen molar-refractivity contribution >= 4 is 23.3 Å². The van der Waals surface area contributed by atoms with Crippen LogP contribution in [0.2, 0.25) is 0 Å². The number of likely N-dealkylation sites (N-methyl/N-ethyl adjacent to an activating group) is 1. The molecule has 8 heteroatoms. The number of piperidine rings is 1. The number of amides is 3. The smallest absolute Gasteiger partial charge is 0.319 e. The van der Waals surface area contributed by atoms with Crippen LogP contribution in [0, 0.1) is 17.6 Å². The maximum Gasteiger partial charge on any atom is 0.319 e. The van der Waals surface area contributed by atoms with E-state index in [-0.39, 0.29) is 30.1 Å². The fourth-order valence-corrected chi connectivity index (χ4v) is 4.86. The Morgan fingerprint density at radius 2 is 1.65 bits per heavy atom. The van der Waals surface area contributed by atoms with Gasteiger partial charge in [0.25, 0.3) is 0 Å². The number of urea groups is 1. The van der Waals surface area contributed by atoms with E-state index in [0.717, 1.165) is 24.0 Å². The number of carbonyl (C=O) groups excluding carboxylic acids is 2. The Morgan fingerprint density at radius 3 is 2.30 bits per heavy atom. The molecular formula is C29H32F2N4O2.